The Labute approximate surface area is 129 Å². The quantitative estimate of drug-likeness (QED) is 0.914. The molecule has 21 heavy (non-hydrogen) atoms. The summed E-state index contributed by atoms with van der Waals surface area (Å²) in [4.78, 5) is 2.70. The predicted molar refractivity (Wildman–Crippen MR) is 89.5 cm³/mol. The third-order valence-corrected chi connectivity index (χ3v) is 5.65. The summed E-state index contributed by atoms with van der Waals surface area (Å²) >= 11 is 0. The van der Waals surface area contributed by atoms with E-state index in [9.17, 15) is 0 Å². The summed E-state index contributed by atoms with van der Waals surface area (Å²) < 4.78 is 0. The molecule has 2 fully saturated rings. The second-order valence-corrected chi connectivity index (χ2v) is 7.31. The van der Waals surface area contributed by atoms with E-state index in [1.165, 1.54) is 60.9 Å². The zero-order valence-electron chi connectivity index (χ0n) is 13.9. The van der Waals surface area contributed by atoms with Gasteiger partial charge in [-0.3, -0.25) is 4.90 Å². The summed E-state index contributed by atoms with van der Waals surface area (Å²) in [5.74, 6) is 0.950. The molecule has 0 aromatic heterocycles. The van der Waals surface area contributed by atoms with Crippen LogP contribution in [-0.2, 0) is 0 Å². The van der Waals surface area contributed by atoms with Gasteiger partial charge in [-0.05, 0) is 75.6 Å². The molecule has 3 unspecified atom stereocenters. The number of benzene rings is 1. The van der Waals surface area contributed by atoms with E-state index in [4.69, 9.17) is 5.73 Å². The minimum absolute atomic E-state index is 0.157. The van der Waals surface area contributed by atoms with Gasteiger partial charge in [-0.1, -0.05) is 24.1 Å². The van der Waals surface area contributed by atoms with Crippen LogP contribution < -0.4 is 5.73 Å². The zero-order valence-corrected chi connectivity index (χ0v) is 13.9. The van der Waals surface area contributed by atoms with E-state index < -0.39 is 0 Å². The monoisotopic (exact) mass is 286 g/mol. The largest absolute Gasteiger partial charge is 0.323 e. The number of hydrogen-bond acceptors (Lipinski definition) is 2. The third-order valence-electron chi connectivity index (χ3n) is 5.65. The van der Waals surface area contributed by atoms with E-state index in [1.54, 1.807) is 0 Å². The van der Waals surface area contributed by atoms with Crippen LogP contribution in [0, 0.1) is 26.7 Å². The molecule has 0 radical (unpaired) electrons. The Morgan fingerprint density at radius 1 is 1.10 bits per heavy atom. The van der Waals surface area contributed by atoms with Gasteiger partial charge in [0, 0.05) is 18.6 Å². The van der Waals surface area contributed by atoms with Gasteiger partial charge in [0.15, 0.2) is 0 Å². The summed E-state index contributed by atoms with van der Waals surface area (Å²) in [7, 11) is 0. The second kappa shape index (κ2) is 6.10. The van der Waals surface area contributed by atoms with Crippen molar-refractivity contribution >= 4 is 0 Å². The highest BCUT2D eigenvalue weighted by Gasteiger charge is 2.35. The van der Waals surface area contributed by atoms with E-state index in [2.05, 4.69) is 37.8 Å². The number of nitrogens with two attached hydrogens (primary N) is 1. The van der Waals surface area contributed by atoms with E-state index in [1.807, 2.05) is 0 Å². The smallest absolute Gasteiger partial charge is 0.0429 e. The van der Waals surface area contributed by atoms with Crippen LogP contribution in [0.5, 0.6) is 0 Å². The first kappa shape index (κ1) is 15.1. The van der Waals surface area contributed by atoms with Gasteiger partial charge in [-0.2, -0.15) is 0 Å². The molecule has 1 saturated carbocycles. The standard InChI is InChI=1S/C19H30N2/c1-13-10-14(2)19(15(3)11-13)17(20)12-21-9-5-7-16-6-4-8-18(16)21/h10-11,16-18H,4-9,12,20H2,1-3H3. The summed E-state index contributed by atoms with van der Waals surface area (Å²) in [5.41, 5.74) is 12.1. The first-order valence-electron chi connectivity index (χ1n) is 8.63. The van der Waals surface area contributed by atoms with Crippen LogP contribution in [0.1, 0.15) is 60.4 Å². The Morgan fingerprint density at radius 2 is 1.76 bits per heavy atom. The van der Waals surface area contributed by atoms with Crippen LogP contribution in [0.15, 0.2) is 12.1 Å². The van der Waals surface area contributed by atoms with Crippen molar-refractivity contribution in [2.75, 3.05) is 13.1 Å². The number of likely N-dealkylation sites (tertiary alicyclic amines) is 1. The summed E-state index contributed by atoms with van der Waals surface area (Å²) in [6.45, 7) is 8.88. The normalized spacial score (nSPS) is 27.6. The van der Waals surface area contributed by atoms with E-state index >= 15 is 0 Å². The highest BCUT2D eigenvalue weighted by Crippen LogP contribution is 2.37. The first-order valence-corrected chi connectivity index (χ1v) is 8.63. The van der Waals surface area contributed by atoms with Crippen LogP contribution in [0.3, 0.4) is 0 Å². The van der Waals surface area contributed by atoms with Crippen molar-refractivity contribution in [3.63, 3.8) is 0 Å². The maximum absolute atomic E-state index is 6.62. The van der Waals surface area contributed by atoms with Crippen LogP contribution in [0.4, 0.5) is 0 Å². The molecule has 2 heteroatoms. The van der Waals surface area contributed by atoms with Gasteiger partial charge >= 0.3 is 0 Å². The summed E-state index contributed by atoms with van der Waals surface area (Å²) in [6.07, 6.45) is 7.06. The molecule has 0 spiro atoms. The second-order valence-electron chi connectivity index (χ2n) is 7.31. The van der Waals surface area contributed by atoms with Gasteiger partial charge in [-0.25, -0.2) is 0 Å². The van der Waals surface area contributed by atoms with Crippen molar-refractivity contribution < 1.29 is 0 Å². The van der Waals surface area contributed by atoms with Crippen LogP contribution in [-0.4, -0.2) is 24.0 Å². The Balaban J connectivity index is 1.75. The first-order chi connectivity index (χ1) is 10.1. The molecule has 1 saturated heterocycles. The van der Waals surface area contributed by atoms with Gasteiger partial charge in [0.25, 0.3) is 0 Å². The van der Waals surface area contributed by atoms with Gasteiger partial charge in [0.2, 0.25) is 0 Å². The van der Waals surface area contributed by atoms with Gasteiger partial charge in [0.1, 0.15) is 0 Å². The number of piperidine rings is 1. The Kier molecular flexibility index (Phi) is 4.37. The van der Waals surface area contributed by atoms with Crippen molar-refractivity contribution in [1.82, 2.24) is 4.90 Å². The number of nitrogens with zero attached hydrogens (tertiary/aromatic N) is 1. The predicted octanol–water partition coefficient (Wildman–Crippen LogP) is 3.88. The zero-order chi connectivity index (χ0) is 15.0. The van der Waals surface area contributed by atoms with Crippen molar-refractivity contribution in [2.24, 2.45) is 11.7 Å². The molecule has 0 bridgehead atoms. The fourth-order valence-electron chi connectivity index (χ4n) is 4.90. The SMILES string of the molecule is Cc1cc(C)c(C(N)CN2CCCC3CCCC32)c(C)c1. The average Bonchev–Trinajstić information content (AvgIpc) is 2.86. The van der Waals surface area contributed by atoms with E-state index in [-0.39, 0.29) is 6.04 Å². The van der Waals surface area contributed by atoms with Crippen molar-refractivity contribution in [3.8, 4) is 0 Å². The lowest BCUT2D eigenvalue weighted by molar-refractivity contribution is 0.106. The lowest BCUT2D eigenvalue weighted by Gasteiger charge is -2.39. The molecular formula is C19H30N2. The van der Waals surface area contributed by atoms with Gasteiger partial charge < -0.3 is 5.73 Å². The molecule has 116 valence electrons. The van der Waals surface area contributed by atoms with Crippen molar-refractivity contribution in [2.45, 2.75) is 65.0 Å². The van der Waals surface area contributed by atoms with Crippen LogP contribution in [0.2, 0.25) is 0 Å². The van der Waals surface area contributed by atoms with Crippen molar-refractivity contribution in [1.29, 1.82) is 0 Å². The molecule has 1 aliphatic heterocycles. The Bertz CT molecular complexity index is 485. The summed E-state index contributed by atoms with van der Waals surface area (Å²) in [6, 6.07) is 5.52. The average molecular weight is 286 g/mol. The number of fused-ring (bicyclic) bond motifs is 1. The molecule has 2 nitrogen and oxygen atoms in total. The lowest BCUT2D eigenvalue weighted by Crippen LogP contribution is -2.45. The molecular weight excluding hydrogens is 256 g/mol. The van der Waals surface area contributed by atoms with E-state index in [0.717, 1.165) is 18.5 Å². The topological polar surface area (TPSA) is 29.3 Å². The molecule has 2 aliphatic rings. The molecule has 1 aliphatic carbocycles. The maximum atomic E-state index is 6.62. The van der Waals surface area contributed by atoms with E-state index in [0.29, 0.717) is 0 Å². The highest BCUT2D eigenvalue weighted by molar-refractivity contribution is 5.39. The van der Waals surface area contributed by atoms with Crippen molar-refractivity contribution in [3.05, 3.63) is 34.4 Å². The van der Waals surface area contributed by atoms with Gasteiger partial charge in [0.05, 0.1) is 0 Å². The molecule has 3 rings (SSSR count). The Morgan fingerprint density at radius 3 is 2.48 bits per heavy atom. The fourth-order valence-corrected chi connectivity index (χ4v) is 4.90. The highest BCUT2D eigenvalue weighted by atomic mass is 15.2. The van der Waals surface area contributed by atoms with Crippen LogP contribution in [0.25, 0.3) is 0 Å². The summed E-state index contributed by atoms with van der Waals surface area (Å²) in [5, 5.41) is 0. The molecule has 0 amide bonds. The molecule has 1 aromatic rings. The lowest BCUT2D eigenvalue weighted by atomic mass is 9.90. The maximum Gasteiger partial charge on any atom is 0.0429 e. The molecule has 2 N–H and O–H groups in total. The number of rotatable bonds is 3. The third kappa shape index (κ3) is 3.02. The van der Waals surface area contributed by atoms with Gasteiger partial charge in [-0.15, -0.1) is 0 Å². The number of hydrogen-bond donors (Lipinski definition) is 1. The molecule has 3 atom stereocenters. The Hall–Kier alpha value is -0.860. The number of aryl methyl sites for hydroxylation is 3. The molecule has 1 aromatic carbocycles. The fraction of sp³-hybridized carbons (Fsp3) is 0.684. The molecule has 1 heterocycles. The minimum atomic E-state index is 0.157. The minimum Gasteiger partial charge on any atom is -0.323 e. The van der Waals surface area contributed by atoms with Crippen LogP contribution >= 0.6 is 0 Å².